The quantitative estimate of drug-likeness (QED) is 0.217. The Kier molecular flexibility index (Phi) is 7.49. The molecular weight excluding hydrogens is 575 g/mol. The Labute approximate surface area is 238 Å². The zero-order chi connectivity index (χ0) is 28.6. The highest BCUT2D eigenvalue weighted by atomic mass is 79.9. The van der Waals surface area contributed by atoms with Gasteiger partial charge in [0.05, 0.1) is 11.2 Å². The standard InChI is InChI=1S/C31H26BrFN4O3/c1-17(2)37-16-24(30(38)28(19(37)4)20-5-7-21(33)8-6-20)31(39)36-22-9-11-23(12-10-22)40-27-13-14-34-26-15-25(32)18(3)35-29(26)27/h5-17H,1-4H3,(H,36,39). The average molecular weight is 601 g/mol. The van der Waals surface area contributed by atoms with Gasteiger partial charge in [-0.3, -0.25) is 14.6 Å². The van der Waals surface area contributed by atoms with Crippen LogP contribution in [0.2, 0.25) is 0 Å². The van der Waals surface area contributed by atoms with Crippen LogP contribution in [0.3, 0.4) is 0 Å². The number of carbonyl (C=O) groups excluding carboxylic acids is 1. The molecule has 40 heavy (non-hydrogen) atoms. The Morgan fingerprint density at radius 2 is 1.75 bits per heavy atom. The molecule has 7 nitrogen and oxygen atoms in total. The van der Waals surface area contributed by atoms with Crippen molar-refractivity contribution >= 4 is 38.6 Å². The van der Waals surface area contributed by atoms with Gasteiger partial charge < -0.3 is 14.6 Å². The Hall–Kier alpha value is -4.37. The van der Waals surface area contributed by atoms with E-state index in [1.165, 1.54) is 12.1 Å². The number of halogens is 2. The van der Waals surface area contributed by atoms with Crippen molar-refractivity contribution in [1.82, 2.24) is 14.5 Å². The van der Waals surface area contributed by atoms with Crippen molar-refractivity contribution in [3.63, 3.8) is 0 Å². The van der Waals surface area contributed by atoms with Gasteiger partial charge in [0.15, 0.2) is 5.75 Å². The second-order valence-electron chi connectivity index (χ2n) is 9.65. The van der Waals surface area contributed by atoms with Gasteiger partial charge in [-0.2, -0.15) is 0 Å². The molecule has 2 aromatic carbocycles. The number of fused-ring (bicyclic) bond motifs is 1. The molecule has 0 radical (unpaired) electrons. The fraction of sp³-hybridized carbons (Fsp3) is 0.161. The first-order valence-electron chi connectivity index (χ1n) is 12.6. The van der Waals surface area contributed by atoms with Crippen molar-refractivity contribution in [3.8, 4) is 22.6 Å². The maximum atomic E-state index is 13.5. The largest absolute Gasteiger partial charge is 0.455 e. The number of nitrogens with zero attached hydrogens (tertiary/aromatic N) is 3. The van der Waals surface area contributed by atoms with Gasteiger partial charge in [-0.15, -0.1) is 0 Å². The lowest BCUT2D eigenvalue weighted by atomic mass is 10.00. The Morgan fingerprint density at radius 1 is 1.05 bits per heavy atom. The molecule has 1 N–H and O–H groups in total. The molecule has 0 aliphatic heterocycles. The van der Waals surface area contributed by atoms with Crippen molar-refractivity contribution in [2.75, 3.05) is 5.32 Å². The molecule has 5 aromatic rings. The average Bonchev–Trinajstić information content (AvgIpc) is 2.92. The van der Waals surface area contributed by atoms with Crippen LogP contribution >= 0.6 is 15.9 Å². The second-order valence-corrected chi connectivity index (χ2v) is 10.5. The maximum Gasteiger partial charge on any atom is 0.261 e. The normalized spacial score (nSPS) is 11.2. The molecule has 3 heterocycles. The highest BCUT2D eigenvalue weighted by molar-refractivity contribution is 9.10. The molecule has 0 fully saturated rings. The first-order chi connectivity index (χ1) is 19.1. The van der Waals surface area contributed by atoms with Crippen molar-refractivity contribution in [3.05, 3.63) is 111 Å². The van der Waals surface area contributed by atoms with Crippen molar-refractivity contribution in [2.24, 2.45) is 0 Å². The number of rotatable bonds is 6. The van der Waals surface area contributed by atoms with Crippen LogP contribution in [0, 0.1) is 19.7 Å². The zero-order valence-electron chi connectivity index (χ0n) is 22.3. The van der Waals surface area contributed by atoms with Crippen molar-refractivity contribution < 1.29 is 13.9 Å². The van der Waals surface area contributed by atoms with Gasteiger partial charge in [0.2, 0.25) is 5.43 Å². The molecule has 0 spiro atoms. The van der Waals surface area contributed by atoms with Gasteiger partial charge in [0.25, 0.3) is 5.91 Å². The van der Waals surface area contributed by atoms with Gasteiger partial charge >= 0.3 is 0 Å². The topological polar surface area (TPSA) is 86.1 Å². The Bertz CT molecular complexity index is 1800. The third-order valence-corrected chi connectivity index (χ3v) is 7.37. The predicted molar refractivity (Wildman–Crippen MR) is 158 cm³/mol. The van der Waals surface area contributed by atoms with E-state index in [0.717, 1.165) is 10.2 Å². The number of pyridine rings is 3. The Morgan fingerprint density at radius 3 is 2.42 bits per heavy atom. The monoisotopic (exact) mass is 600 g/mol. The van der Waals surface area contributed by atoms with E-state index < -0.39 is 17.2 Å². The second kappa shape index (κ2) is 11.0. The number of benzene rings is 2. The lowest BCUT2D eigenvalue weighted by Crippen LogP contribution is -2.26. The minimum atomic E-state index is -0.540. The molecule has 0 aliphatic carbocycles. The summed E-state index contributed by atoms with van der Waals surface area (Å²) >= 11 is 3.48. The number of hydrogen-bond donors (Lipinski definition) is 1. The summed E-state index contributed by atoms with van der Waals surface area (Å²) in [6.07, 6.45) is 3.23. The van der Waals surface area contributed by atoms with Crippen LogP contribution in [0.4, 0.5) is 10.1 Å². The van der Waals surface area contributed by atoms with Gasteiger partial charge in [0.1, 0.15) is 22.6 Å². The fourth-order valence-electron chi connectivity index (χ4n) is 4.51. The lowest BCUT2D eigenvalue weighted by Gasteiger charge is -2.20. The summed E-state index contributed by atoms with van der Waals surface area (Å²) < 4.78 is 22.4. The van der Waals surface area contributed by atoms with E-state index in [1.807, 2.05) is 38.3 Å². The molecule has 0 atom stereocenters. The maximum absolute atomic E-state index is 13.5. The smallest absolute Gasteiger partial charge is 0.261 e. The molecule has 0 aliphatic rings. The van der Waals surface area contributed by atoms with Crippen molar-refractivity contribution in [2.45, 2.75) is 33.7 Å². The van der Waals surface area contributed by atoms with Crippen LogP contribution < -0.4 is 15.5 Å². The van der Waals surface area contributed by atoms with Gasteiger partial charge in [0, 0.05) is 45.9 Å². The fourth-order valence-corrected chi connectivity index (χ4v) is 4.81. The zero-order valence-corrected chi connectivity index (χ0v) is 23.9. The van der Waals surface area contributed by atoms with E-state index in [2.05, 4.69) is 31.2 Å². The van der Waals surface area contributed by atoms with Gasteiger partial charge in [-0.05, 0) is 91.7 Å². The summed E-state index contributed by atoms with van der Waals surface area (Å²) in [7, 11) is 0. The first-order valence-corrected chi connectivity index (χ1v) is 13.4. The predicted octanol–water partition coefficient (Wildman–Crippen LogP) is 7.60. The van der Waals surface area contributed by atoms with Gasteiger partial charge in [-0.25, -0.2) is 9.37 Å². The summed E-state index contributed by atoms with van der Waals surface area (Å²) in [6, 6.07) is 16.2. The molecule has 0 saturated carbocycles. The number of nitrogens with one attached hydrogen (secondary N) is 1. The minimum Gasteiger partial charge on any atom is -0.455 e. The molecule has 0 unspecified atom stereocenters. The molecule has 0 bridgehead atoms. The summed E-state index contributed by atoms with van der Waals surface area (Å²) in [4.78, 5) is 35.7. The lowest BCUT2D eigenvalue weighted by molar-refractivity contribution is 0.102. The summed E-state index contributed by atoms with van der Waals surface area (Å²) in [5.41, 5.74) is 3.84. The number of anilines is 1. The van der Waals surface area contributed by atoms with Crippen LogP contribution in [0.1, 0.15) is 41.6 Å². The number of aromatic nitrogens is 3. The highest BCUT2D eigenvalue weighted by Gasteiger charge is 2.20. The number of carbonyl (C=O) groups is 1. The van der Waals surface area contributed by atoms with E-state index in [1.54, 1.807) is 54.9 Å². The van der Waals surface area contributed by atoms with Crippen LogP contribution in [-0.2, 0) is 0 Å². The summed E-state index contributed by atoms with van der Waals surface area (Å²) in [5, 5.41) is 2.81. The van der Waals surface area contributed by atoms with Crippen molar-refractivity contribution in [1.29, 1.82) is 0 Å². The number of amides is 1. The number of hydrogen-bond acceptors (Lipinski definition) is 5. The van der Waals surface area contributed by atoms with Gasteiger partial charge in [-0.1, -0.05) is 12.1 Å². The van der Waals surface area contributed by atoms with Crippen LogP contribution in [0.5, 0.6) is 11.5 Å². The Balaban J connectivity index is 1.42. The minimum absolute atomic E-state index is 0.00480. The molecule has 1 amide bonds. The van der Waals surface area contributed by atoms with E-state index >= 15 is 0 Å². The molecule has 9 heteroatoms. The third kappa shape index (κ3) is 5.37. The highest BCUT2D eigenvalue weighted by Crippen LogP contribution is 2.31. The SMILES string of the molecule is Cc1nc2c(Oc3ccc(NC(=O)c4cn(C(C)C)c(C)c(-c5ccc(F)cc5)c4=O)cc3)ccnc2cc1Br. The summed E-state index contributed by atoms with van der Waals surface area (Å²) in [6.45, 7) is 7.65. The van der Waals surface area contributed by atoms with E-state index in [4.69, 9.17) is 4.74 Å². The third-order valence-electron chi connectivity index (χ3n) is 6.57. The molecule has 0 saturated heterocycles. The summed E-state index contributed by atoms with van der Waals surface area (Å²) in [5.74, 6) is 0.161. The number of ether oxygens (including phenoxy) is 1. The van der Waals surface area contributed by atoms with E-state index in [0.29, 0.717) is 45.0 Å². The molecule has 5 rings (SSSR count). The molecule has 3 aromatic heterocycles. The first kappa shape index (κ1) is 27.2. The molecular formula is C31H26BrFN4O3. The van der Waals surface area contributed by atoms with Crippen LogP contribution in [0.25, 0.3) is 22.2 Å². The van der Waals surface area contributed by atoms with Crippen LogP contribution in [-0.4, -0.2) is 20.4 Å². The number of aryl methyl sites for hydroxylation is 1. The van der Waals surface area contributed by atoms with E-state index in [9.17, 15) is 14.0 Å². The molecule has 202 valence electrons. The van der Waals surface area contributed by atoms with Crippen LogP contribution in [0.15, 0.2) is 82.3 Å². The van der Waals surface area contributed by atoms with E-state index in [-0.39, 0.29) is 11.6 Å².